The number of benzene rings is 6. The summed E-state index contributed by atoms with van der Waals surface area (Å²) in [4.78, 5) is 41.4. The van der Waals surface area contributed by atoms with E-state index in [4.69, 9.17) is 71.5 Å². The van der Waals surface area contributed by atoms with Crippen molar-refractivity contribution in [3.05, 3.63) is 165 Å². The molecule has 0 aliphatic heterocycles. The number of para-hydroxylation sites is 3. The lowest BCUT2D eigenvalue weighted by Gasteiger charge is -2.07. The summed E-state index contributed by atoms with van der Waals surface area (Å²) in [5.74, 6) is 7.62. The van der Waals surface area contributed by atoms with Crippen molar-refractivity contribution in [3.63, 3.8) is 0 Å². The fourth-order valence-corrected chi connectivity index (χ4v) is 12.6. The fourth-order valence-electron chi connectivity index (χ4n) is 6.74. The van der Waals surface area contributed by atoms with E-state index in [9.17, 15) is 9.59 Å². The van der Waals surface area contributed by atoms with Crippen molar-refractivity contribution < 1.29 is 28.2 Å². The van der Waals surface area contributed by atoms with E-state index in [1.165, 1.54) is 11.3 Å². The number of fused-ring (bicyclic) bond motifs is 3. The van der Waals surface area contributed by atoms with Crippen LogP contribution in [-0.4, -0.2) is 74.9 Å². The Kier molecular flexibility index (Phi) is 21.9. The maximum Gasteiger partial charge on any atom is 0.266 e. The number of hydrazine groups is 1. The van der Waals surface area contributed by atoms with Gasteiger partial charge in [0.1, 0.15) is 38.8 Å². The lowest BCUT2D eigenvalue weighted by Crippen LogP contribution is -2.30. The zero-order chi connectivity index (χ0) is 55.2. The molecule has 77 heavy (non-hydrogen) atoms. The van der Waals surface area contributed by atoms with Crippen LogP contribution in [0.15, 0.2) is 132 Å². The molecule has 0 spiro atoms. The average molecular weight is 1380 g/mol. The summed E-state index contributed by atoms with van der Waals surface area (Å²) in [6, 6.07) is 32.7. The number of hydrogen-bond donors (Lipinski definition) is 3. The molecule has 0 radical (unpaired) electrons. The van der Waals surface area contributed by atoms with Gasteiger partial charge in [0.05, 0.1) is 68.7 Å². The van der Waals surface area contributed by atoms with Gasteiger partial charge < -0.3 is 23.9 Å². The van der Waals surface area contributed by atoms with Crippen LogP contribution in [0.25, 0.3) is 42.1 Å². The van der Waals surface area contributed by atoms with Crippen LogP contribution < -0.4 is 30.8 Å². The largest absolute Gasteiger partial charge is 0.494 e. The van der Waals surface area contributed by atoms with Gasteiger partial charge >= 0.3 is 0 Å². The predicted molar refractivity (Wildman–Crippen MR) is 327 cm³/mol. The first-order valence-corrected chi connectivity index (χ1v) is 28.7. The van der Waals surface area contributed by atoms with Gasteiger partial charge in [-0.25, -0.2) is 20.8 Å². The Hall–Kier alpha value is -5.37. The molecule has 15 nitrogen and oxygen atoms in total. The second-order valence-electron chi connectivity index (χ2n) is 15.3. The molecule has 0 aliphatic rings. The maximum absolute atomic E-state index is 12.3. The molecule has 0 atom stereocenters. The van der Waals surface area contributed by atoms with Crippen LogP contribution in [-0.2, 0) is 12.8 Å². The van der Waals surface area contributed by atoms with Crippen LogP contribution in [0.4, 0.5) is 5.13 Å². The Morgan fingerprint density at radius 2 is 1.17 bits per heavy atom. The van der Waals surface area contributed by atoms with Crippen LogP contribution in [0.5, 0.6) is 17.2 Å². The third-order valence-electron chi connectivity index (χ3n) is 10.2. The fraction of sp³-hybridized carbons (Fsp3) is 0.118. The molecule has 0 aliphatic carbocycles. The number of nitrogen functional groups attached to an aromatic ring is 1. The van der Waals surface area contributed by atoms with Crippen molar-refractivity contribution in [2.45, 2.75) is 12.8 Å². The summed E-state index contributed by atoms with van der Waals surface area (Å²) >= 11 is 42.1. The highest BCUT2D eigenvalue weighted by atomic mass is 79.9. The Labute approximate surface area is 502 Å². The molecular formula is C51H37Br3Cl3N9O6S5. The number of aliphatic imine (C=N–C) groups is 1. The highest BCUT2D eigenvalue weighted by Crippen LogP contribution is 2.35. The summed E-state index contributed by atoms with van der Waals surface area (Å²) in [7, 11) is 4.89. The molecule has 0 saturated carbocycles. The zero-order valence-corrected chi connectivity index (χ0v) is 51.1. The van der Waals surface area contributed by atoms with Gasteiger partial charge in [-0.15, -0.1) is 32.9 Å². The summed E-state index contributed by atoms with van der Waals surface area (Å²) in [6.45, 7) is 0.302. The van der Waals surface area contributed by atoms with E-state index in [0.717, 1.165) is 67.9 Å². The lowest BCUT2D eigenvalue weighted by atomic mass is 10.2. The van der Waals surface area contributed by atoms with Crippen molar-refractivity contribution in [2.24, 2.45) is 10.8 Å². The van der Waals surface area contributed by atoms with Crippen LogP contribution >= 0.6 is 141 Å². The number of rotatable bonds is 13. The van der Waals surface area contributed by atoms with Crippen LogP contribution in [0, 0.1) is 0 Å². The van der Waals surface area contributed by atoms with Crippen LogP contribution in [0.3, 0.4) is 0 Å². The molecule has 2 amide bonds. The molecule has 394 valence electrons. The van der Waals surface area contributed by atoms with Gasteiger partial charge in [0, 0.05) is 46.3 Å². The molecule has 4 N–H and O–H groups in total. The molecule has 0 saturated heterocycles. The molecule has 10 rings (SSSR count). The van der Waals surface area contributed by atoms with Gasteiger partial charge in [-0.2, -0.15) is 4.99 Å². The average Bonchev–Trinajstić information content (AvgIpc) is 4.25. The predicted octanol–water partition coefficient (Wildman–Crippen LogP) is 15.2. The van der Waals surface area contributed by atoms with E-state index < -0.39 is 0 Å². The number of thiocarbonyl (C=S) groups is 2. The standard InChI is InChI=1S/C18H14BrClN2O2S2.C17H11BrClN3O2S.C9H6N2OS2.C7H6BrClN2O/c1-24-14-3-2-4-15-17(14)22-16(26-15)8-11(25)9-21-18(23)12-6-5-10(20)7-13(12)19;1-23-12-3-2-4-13-16(12)20-15(25-13)8-14-21-22-17(24-14)10-6-5-9(19)7-11(10)18;1-12-6-3-2-4-7-8(6)11-9(14-7)10-5-13;8-6-3-4(9)1-2-5(6)7(12)11-10/h2-7H,8-9H2,1H3,(H,21,23);2-7H,8H2,1H3;2-4H,1H3;1-3H,10H2,(H,11,12). The quantitative estimate of drug-likeness (QED) is 0.0323. The van der Waals surface area contributed by atoms with E-state index in [1.807, 2.05) is 66.1 Å². The lowest BCUT2D eigenvalue weighted by molar-refractivity contribution is 0.0947. The topological polar surface area (TPSA) is 202 Å². The second kappa shape index (κ2) is 28.5. The maximum atomic E-state index is 12.3. The molecule has 4 aromatic heterocycles. The van der Waals surface area contributed by atoms with Crippen molar-refractivity contribution in [1.82, 2.24) is 35.9 Å². The third kappa shape index (κ3) is 15.9. The molecule has 4 heterocycles. The van der Waals surface area contributed by atoms with Crippen molar-refractivity contribution in [2.75, 3.05) is 27.9 Å². The van der Waals surface area contributed by atoms with E-state index in [1.54, 1.807) is 92.5 Å². The van der Waals surface area contributed by atoms with Crippen molar-refractivity contribution >= 4 is 199 Å². The number of hydrogen-bond acceptors (Lipinski definition) is 18. The van der Waals surface area contributed by atoms with E-state index in [2.05, 4.69) is 101 Å². The number of ether oxygens (including phenoxy) is 3. The monoisotopic (exact) mass is 1370 g/mol. The van der Waals surface area contributed by atoms with E-state index in [-0.39, 0.29) is 11.8 Å². The number of nitrogens with one attached hydrogen (secondary N) is 2. The van der Waals surface area contributed by atoms with E-state index >= 15 is 0 Å². The molecule has 0 unspecified atom stereocenters. The van der Waals surface area contributed by atoms with Gasteiger partial charge in [0.15, 0.2) is 0 Å². The number of methoxy groups -OCH3 is 3. The van der Waals surface area contributed by atoms with Crippen LogP contribution in [0.2, 0.25) is 15.1 Å². The Bertz CT molecular complexity index is 3820. The number of thiazole rings is 3. The SMILES string of the molecule is COc1cccc2sc(CC(=S)CNC(=O)c3ccc(Cl)cc3Br)nc12.COc1cccc2sc(Cc3nnc(-c4ccc(Cl)cc4Br)o3)nc12.COc1cccc2sc(N=C=S)nc12.NNC(=O)c1ccc(Cl)cc1Br. The number of nitrogens with two attached hydrogens (primary N) is 1. The number of aromatic nitrogens is 5. The van der Waals surface area contributed by atoms with Gasteiger partial charge in [-0.05, 0) is 151 Å². The summed E-state index contributed by atoms with van der Waals surface area (Å²) < 4.78 is 26.9. The molecule has 0 fully saturated rings. The first-order valence-electron chi connectivity index (χ1n) is 22.0. The minimum Gasteiger partial charge on any atom is -0.494 e. The number of nitrogens with zero attached hydrogens (tertiary/aromatic N) is 6. The highest BCUT2D eigenvalue weighted by molar-refractivity contribution is 9.11. The first-order chi connectivity index (χ1) is 37.1. The van der Waals surface area contributed by atoms with Crippen molar-refractivity contribution in [3.8, 4) is 28.7 Å². The number of halogens is 6. The minimum absolute atomic E-state index is 0.207. The number of isothiocyanates is 1. The number of amides is 2. The van der Waals surface area contributed by atoms with Gasteiger partial charge in [-0.1, -0.05) is 76.6 Å². The highest BCUT2D eigenvalue weighted by Gasteiger charge is 2.17. The number of carbonyl (C=O) groups is 2. The number of carbonyl (C=O) groups excluding carboxylic acids is 2. The Balaban J connectivity index is 0.000000157. The summed E-state index contributed by atoms with van der Waals surface area (Å²) in [6.07, 6.45) is 1.00. The molecular weight excluding hydrogens is 1340 g/mol. The zero-order valence-electron chi connectivity index (χ0n) is 40.0. The summed E-state index contributed by atoms with van der Waals surface area (Å²) in [5, 5.41) is 17.6. The third-order valence-corrected chi connectivity index (χ3v) is 16.2. The molecule has 0 bridgehead atoms. The molecule has 26 heteroatoms. The minimum atomic E-state index is -0.349. The van der Waals surface area contributed by atoms with Gasteiger partial charge in [-0.3, -0.25) is 15.0 Å². The molecule has 6 aromatic carbocycles. The van der Waals surface area contributed by atoms with Gasteiger partial charge in [0.25, 0.3) is 11.8 Å². The van der Waals surface area contributed by atoms with Crippen LogP contribution in [0.1, 0.15) is 36.6 Å². The van der Waals surface area contributed by atoms with Crippen molar-refractivity contribution in [1.29, 1.82) is 0 Å². The van der Waals surface area contributed by atoms with E-state index in [0.29, 0.717) is 76.3 Å². The first kappa shape index (κ1) is 59.3. The Morgan fingerprint density at radius 3 is 1.69 bits per heavy atom. The van der Waals surface area contributed by atoms with Gasteiger partial charge in [0.2, 0.25) is 16.9 Å². The Morgan fingerprint density at radius 1 is 0.675 bits per heavy atom. The normalized spacial score (nSPS) is 10.5. The second-order valence-corrected chi connectivity index (χ2v) is 23.1. The molecule has 10 aromatic rings. The smallest absolute Gasteiger partial charge is 0.266 e. The summed E-state index contributed by atoms with van der Waals surface area (Å²) in [5.41, 5.74) is 6.32.